The molecule has 19 heavy (non-hydrogen) atoms. The van der Waals surface area contributed by atoms with Gasteiger partial charge in [-0.15, -0.1) is 0 Å². The van der Waals surface area contributed by atoms with Crippen molar-refractivity contribution in [2.45, 2.75) is 6.42 Å². The highest BCUT2D eigenvalue weighted by molar-refractivity contribution is 5.69. The molecule has 5 nitrogen and oxygen atoms in total. The maximum atomic E-state index is 5.43. The van der Waals surface area contributed by atoms with E-state index in [9.17, 15) is 0 Å². The Balaban J connectivity index is 2.13. The zero-order chi connectivity index (χ0) is 13.5. The molecule has 0 radical (unpaired) electrons. The molecule has 0 aliphatic rings. The fourth-order valence-electron chi connectivity index (χ4n) is 1.74. The number of hydrogen-bond acceptors (Lipinski definition) is 5. The molecule has 3 N–H and O–H groups in total. The van der Waals surface area contributed by atoms with Gasteiger partial charge in [0, 0.05) is 30.1 Å². The number of hydrogen-bond donors (Lipinski definition) is 2. The van der Waals surface area contributed by atoms with Crippen LogP contribution >= 0.6 is 0 Å². The van der Waals surface area contributed by atoms with E-state index in [2.05, 4.69) is 15.3 Å². The minimum atomic E-state index is 0.618. The summed E-state index contributed by atoms with van der Waals surface area (Å²) in [7, 11) is 1.66. The third kappa shape index (κ3) is 3.42. The van der Waals surface area contributed by atoms with Crippen LogP contribution < -0.4 is 15.8 Å². The summed E-state index contributed by atoms with van der Waals surface area (Å²) in [6.07, 6.45) is 4.48. The number of methoxy groups -OCH3 is 1. The minimum absolute atomic E-state index is 0.618. The van der Waals surface area contributed by atoms with Crippen LogP contribution in [0.4, 0.5) is 5.95 Å². The average molecular weight is 258 g/mol. The third-order valence-corrected chi connectivity index (χ3v) is 2.73. The van der Waals surface area contributed by atoms with E-state index in [1.807, 2.05) is 24.3 Å². The molecule has 0 spiro atoms. The van der Waals surface area contributed by atoms with Crippen LogP contribution in [0.1, 0.15) is 6.42 Å². The second-order valence-electron chi connectivity index (χ2n) is 4.06. The van der Waals surface area contributed by atoms with E-state index in [0.29, 0.717) is 12.5 Å². The van der Waals surface area contributed by atoms with E-state index in [4.69, 9.17) is 10.5 Å². The molecule has 0 bridgehead atoms. The fourth-order valence-corrected chi connectivity index (χ4v) is 1.74. The van der Waals surface area contributed by atoms with Crippen molar-refractivity contribution >= 4 is 5.95 Å². The third-order valence-electron chi connectivity index (χ3n) is 2.73. The molecule has 100 valence electrons. The normalized spacial score (nSPS) is 10.2. The number of nitrogens with one attached hydrogen (secondary N) is 1. The van der Waals surface area contributed by atoms with Crippen LogP contribution in [0.5, 0.6) is 5.75 Å². The molecule has 0 aliphatic carbocycles. The Morgan fingerprint density at radius 1 is 1.21 bits per heavy atom. The Bertz CT molecular complexity index is 513. The number of aromatic nitrogens is 2. The van der Waals surface area contributed by atoms with Gasteiger partial charge >= 0.3 is 0 Å². The van der Waals surface area contributed by atoms with Gasteiger partial charge in [-0.25, -0.2) is 9.97 Å². The molecule has 1 aromatic heterocycles. The van der Waals surface area contributed by atoms with Crippen molar-refractivity contribution < 1.29 is 4.74 Å². The van der Waals surface area contributed by atoms with Crippen LogP contribution in [0.15, 0.2) is 36.7 Å². The summed E-state index contributed by atoms with van der Waals surface area (Å²) in [6.45, 7) is 1.44. The van der Waals surface area contributed by atoms with Crippen LogP contribution in [-0.2, 0) is 0 Å². The molecule has 0 fully saturated rings. The van der Waals surface area contributed by atoms with E-state index in [0.717, 1.165) is 29.8 Å². The lowest BCUT2D eigenvalue weighted by molar-refractivity contribution is 0.416. The maximum absolute atomic E-state index is 5.43. The van der Waals surface area contributed by atoms with Crippen LogP contribution in [-0.4, -0.2) is 30.2 Å². The minimum Gasteiger partial charge on any atom is -0.496 e. The number of para-hydroxylation sites is 1. The van der Waals surface area contributed by atoms with E-state index in [1.165, 1.54) is 0 Å². The first-order valence-corrected chi connectivity index (χ1v) is 6.24. The SMILES string of the molecule is COc1ccccc1-c1cnc(NCCCN)nc1. The monoisotopic (exact) mass is 258 g/mol. The molecule has 0 aliphatic heterocycles. The van der Waals surface area contributed by atoms with Crippen molar-refractivity contribution in [3.8, 4) is 16.9 Å². The highest BCUT2D eigenvalue weighted by Gasteiger charge is 2.05. The van der Waals surface area contributed by atoms with Crippen LogP contribution in [0.25, 0.3) is 11.1 Å². The smallest absolute Gasteiger partial charge is 0.222 e. The molecule has 1 heterocycles. The number of anilines is 1. The molecule has 0 atom stereocenters. The Morgan fingerprint density at radius 2 is 1.95 bits per heavy atom. The fraction of sp³-hybridized carbons (Fsp3) is 0.286. The predicted octanol–water partition coefficient (Wildman–Crippen LogP) is 1.91. The van der Waals surface area contributed by atoms with Gasteiger partial charge in [0.1, 0.15) is 5.75 Å². The van der Waals surface area contributed by atoms with Gasteiger partial charge in [-0.05, 0) is 19.0 Å². The Hall–Kier alpha value is -2.14. The first-order valence-electron chi connectivity index (χ1n) is 6.24. The van der Waals surface area contributed by atoms with Gasteiger partial charge in [-0.2, -0.15) is 0 Å². The van der Waals surface area contributed by atoms with Crippen molar-refractivity contribution in [2.24, 2.45) is 5.73 Å². The molecular weight excluding hydrogens is 240 g/mol. The van der Waals surface area contributed by atoms with Crippen molar-refractivity contribution in [2.75, 3.05) is 25.5 Å². The second-order valence-corrected chi connectivity index (χ2v) is 4.06. The number of benzene rings is 1. The molecule has 2 rings (SSSR count). The summed E-state index contributed by atoms with van der Waals surface area (Å²) in [6, 6.07) is 7.80. The highest BCUT2D eigenvalue weighted by Crippen LogP contribution is 2.28. The zero-order valence-electron chi connectivity index (χ0n) is 11.0. The molecule has 0 unspecified atom stereocenters. The van der Waals surface area contributed by atoms with E-state index in [1.54, 1.807) is 19.5 Å². The largest absolute Gasteiger partial charge is 0.496 e. The van der Waals surface area contributed by atoms with E-state index in [-0.39, 0.29) is 0 Å². The maximum Gasteiger partial charge on any atom is 0.222 e. The lowest BCUT2D eigenvalue weighted by Gasteiger charge is -2.08. The standard InChI is InChI=1S/C14H18N4O/c1-19-13-6-3-2-5-12(13)11-9-17-14(18-10-11)16-8-4-7-15/h2-3,5-6,9-10H,4,7-8,15H2,1H3,(H,16,17,18). The molecule has 1 aromatic carbocycles. The molecule has 0 saturated heterocycles. The summed E-state index contributed by atoms with van der Waals surface area (Å²) in [5.74, 6) is 1.43. The van der Waals surface area contributed by atoms with Crippen molar-refractivity contribution in [1.29, 1.82) is 0 Å². The summed E-state index contributed by atoms with van der Waals surface area (Å²) >= 11 is 0. The molecule has 2 aromatic rings. The van der Waals surface area contributed by atoms with Gasteiger partial charge in [-0.1, -0.05) is 18.2 Å². The number of nitrogens with two attached hydrogens (primary N) is 1. The molecule has 0 saturated carbocycles. The summed E-state index contributed by atoms with van der Waals surface area (Å²) in [4.78, 5) is 8.57. The first kappa shape index (κ1) is 13.3. The second kappa shape index (κ2) is 6.70. The zero-order valence-corrected chi connectivity index (χ0v) is 11.0. The van der Waals surface area contributed by atoms with Gasteiger partial charge < -0.3 is 15.8 Å². The van der Waals surface area contributed by atoms with Crippen LogP contribution in [0.2, 0.25) is 0 Å². The number of nitrogens with zero attached hydrogens (tertiary/aromatic N) is 2. The van der Waals surface area contributed by atoms with Crippen molar-refractivity contribution in [3.05, 3.63) is 36.7 Å². The van der Waals surface area contributed by atoms with Gasteiger partial charge in [0.05, 0.1) is 7.11 Å². The Kier molecular flexibility index (Phi) is 4.69. The molecule has 5 heteroatoms. The van der Waals surface area contributed by atoms with Crippen molar-refractivity contribution in [1.82, 2.24) is 9.97 Å². The average Bonchev–Trinajstić information content (AvgIpc) is 2.48. The van der Waals surface area contributed by atoms with Crippen LogP contribution in [0, 0.1) is 0 Å². The first-order chi connectivity index (χ1) is 9.35. The Labute approximate surface area is 112 Å². The van der Waals surface area contributed by atoms with E-state index >= 15 is 0 Å². The van der Waals surface area contributed by atoms with E-state index < -0.39 is 0 Å². The lowest BCUT2D eigenvalue weighted by Crippen LogP contribution is -2.10. The Morgan fingerprint density at radius 3 is 2.63 bits per heavy atom. The molecule has 0 amide bonds. The topological polar surface area (TPSA) is 73.1 Å². The van der Waals surface area contributed by atoms with Gasteiger partial charge in [0.25, 0.3) is 0 Å². The van der Waals surface area contributed by atoms with Crippen molar-refractivity contribution in [3.63, 3.8) is 0 Å². The van der Waals surface area contributed by atoms with Crippen LogP contribution in [0.3, 0.4) is 0 Å². The highest BCUT2D eigenvalue weighted by atomic mass is 16.5. The van der Waals surface area contributed by atoms with Gasteiger partial charge in [0.2, 0.25) is 5.95 Å². The van der Waals surface area contributed by atoms with Gasteiger partial charge in [0.15, 0.2) is 0 Å². The summed E-state index contributed by atoms with van der Waals surface area (Å²) in [5, 5.41) is 3.12. The summed E-state index contributed by atoms with van der Waals surface area (Å²) < 4.78 is 5.32. The summed E-state index contributed by atoms with van der Waals surface area (Å²) in [5.41, 5.74) is 7.35. The number of ether oxygens (including phenoxy) is 1. The van der Waals surface area contributed by atoms with Gasteiger partial charge in [-0.3, -0.25) is 0 Å². The quantitative estimate of drug-likeness (QED) is 0.774. The molecular formula is C14H18N4O. The lowest BCUT2D eigenvalue weighted by atomic mass is 10.1. The predicted molar refractivity (Wildman–Crippen MR) is 76.2 cm³/mol. The number of rotatable bonds is 6.